The molecule has 0 radical (unpaired) electrons. The van der Waals surface area contributed by atoms with Crippen LogP contribution in [0.2, 0.25) is 0 Å². The fourth-order valence-corrected chi connectivity index (χ4v) is 3.19. The van der Waals surface area contributed by atoms with Gasteiger partial charge in [-0.15, -0.1) is 0 Å². The molecular formula is C25H34O6. The lowest BCUT2D eigenvalue weighted by Gasteiger charge is -2.26. The van der Waals surface area contributed by atoms with Gasteiger partial charge >= 0.3 is 0 Å². The topological polar surface area (TPSA) is 99.4 Å². The predicted molar refractivity (Wildman–Crippen MR) is 121 cm³/mol. The first-order chi connectivity index (χ1) is 14.9. The molecule has 0 aliphatic heterocycles. The van der Waals surface area contributed by atoms with E-state index in [1.807, 2.05) is 12.1 Å². The van der Waals surface area contributed by atoms with Gasteiger partial charge in [-0.2, -0.15) is 0 Å². The molecule has 1 aromatic rings. The largest absolute Gasteiger partial charge is 0.461 e. The average molecular weight is 431 g/mol. The number of aliphatic hydroxyl groups is 4. The minimum atomic E-state index is -1.37. The molecule has 6 nitrogen and oxygen atoms in total. The number of allylic oxidation sites excluding steroid dienone is 1. The lowest BCUT2D eigenvalue weighted by molar-refractivity contribution is -0.101. The number of unbranched alkanes of at least 4 members (excludes halogenated alkanes) is 2. The SMILES string of the molecule is C=C(CO)C(O)OC1=CC(OC(O)C(=C)CO)CC(c2ccc(CCCCC)cc2)=C1. The quantitative estimate of drug-likeness (QED) is 0.218. The summed E-state index contributed by atoms with van der Waals surface area (Å²) < 4.78 is 11.2. The van der Waals surface area contributed by atoms with Crippen molar-refractivity contribution in [2.45, 2.75) is 57.7 Å². The zero-order chi connectivity index (χ0) is 22.8. The van der Waals surface area contributed by atoms with Crippen LogP contribution in [0.25, 0.3) is 5.57 Å². The van der Waals surface area contributed by atoms with E-state index in [4.69, 9.17) is 19.7 Å². The van der Waals surface area contributed by atoms with Crippen LogP contribution in [-0.2, 0) is 15.9 Å². The van der Waals surface area contributed by atoms with E-state index in [0.29, 0.717) is 12.2 Å². The number of ether oxygens (including phenoxy) is 2. The van der Waals surface area contributed by atoms with Gasteiger partial charge in [0.05, 0.1) is 19.3 Å². The first kappa shape index (κ1) is 25.0. The van der Waals surface area contributed by atoms with Crippen LogP contribution in [-0.4, -0.2) is 52.3 Å². The molecule has 1 aromatic carbocycles. The van der Waals surface area contributed by atoms with Crippen molar-refractivity contribution in [2.24, 2.45) is 0 Å². The summed E-state index contributed by atoms with van der Waals surface area (Å²) in [5.41, 5.74) is 3.44. The van der Waals surface area contributed by atoms with E-state index < -0.39 is 31.9 Å². The van der Waals surface area contributed by atoms with Gasteiger partial charge in [-0.3, -0.25) is 0 Å². The Bertz CT molecular complexity index is 793. The second-order valence-electron chi connectivity index (χ2n) is 7.73. The summed E-state index contributed by atoms with van der Waals surface area (Å²) in [7, 11) is 0. The molecule has 0 spiro atoms. The molecule has 0 aromatic heterocycles. The van der Waals surface area contributed by atoms with Crippen molar-refractivity contribution >= 4 is 5.57 Å². The van der Waals surface area contributed by atoms with Gasteiger partial charge in [0.2, 0.25) is 6.29 Å². The second-order valence-corrected chi connectivity index (χ2v) is 7.73. The Morgan fingerprint density at radius 3 is 2.29 bits per heavy atom. The Morgan fingerprint density at radius 1 is 1.03 bits per heavy atom. The Kier molecular flexibility index (Phi) is 10.2. The summed E-state index contributed by atoms with van der Waals surface area (Å²) in [5, 5.41) is 38.5. The van der Waals surface area contributed by atoms with Crippen LogP contribution in [0.4, 0.5) is 0 Å². The fourth-order valence-electron chi connectivity index (χ4n) is 3.19. The van der Waals surface area contributed by atoms with Crippen LogP contribution < -0.4 is 0 Å². The van der Waals surface area contributed by atoms with Gasteiger partial charge < -0.3 is 29.9 Å². The molecule has 0 bridgehead atoms. The third kappa shape index (κ3) is 7.76. The zero-order valence-corrected chi connectivity index (χ0v) is 18.2. The van der Waals surface area contributed by atoms with E-state index in [-0.39, 0.29) is 11.1 Å². The van der Waals surface area contributed by atoms with E-state index in [1.54, 1.807) is 12.2 Å². The number of rotatable bonds is 13. The van der Waals surface area contributed by atoms with Crippen molar-refractivity contribution in [3.63, 3.8) is 0 Å². The van der Waals surface area contributed by atoms with Crippen LogP contribution in [0.1, 0.15) is 43.7 Å². The smallest absolute Gasteiger partial charge is 0.222 e. The molecule has 1 aliphatic rings. The number of hydrogen-bond donors (Lipinski definition) is 4. The van der Waals surface area contributed by atoms with Crippen LogP contribution >= 0.6 is 0 Å². The van der Waals surface area contributed by atoms with Gasteiger partial charge in [0.25, 0.3) is 0 Å². The van der Waals surface area contributed by atoms with Gasteiger partial charge in [0.15, 0.2) is 6.29 Å². The minimum Gasteiger partial charge on any atom is -0.461 e. The van der Waals surface area contributed by atoms with E-state index in [9.17, 15) is 10.2 Å². The van der Waals surface area contributed by atoms with Crippen molar-refractivity contribution < 1.29 is 29.9 Å². The summed E-state index contributed by atoms with van der Waals surface area (Å²) >= 11 is 0. The van der Waals surface area contributed by atoms with Crippen LogP contribution in [0, 0.1) is 0 Å². The Morgan fingerprint density at radius 2 is 1.68 bits per heavy atom. The summed E-state index contributed by atoms with van der Waals surface area (Å²) in [6.45, 7) is 8.55. The fraction of sp³-hybridized carbons (Fsp3) is 0.440. The van der Waals surface area contributed by atoms with Crippen LogP contribution in [0.3, 0.4) is 0 Å². The van der Waals surface area contributed by atoms with Crippen LogP contribution in [0.5, 0.6) is 0 Å². The van der Waals surface area contributed by atoms with Gasteiger partial charge in [-0.25, -0.2) is 0 Å². The van der Waals surface area contributed by atoms with E-state index in [0.717, 1.165) is 24.0 Å². The van der Waals surface area contributed by atoms with Gasteiger partial charge in [-0.05, 0) is 41.7 Å². The number of aryl methyl sites for hydroxylation is 1. The van der Waals surface area contributed by atoms with Gasteiger partial charge in [0, 0.05) is 17.6 Å². The van der Waals surface area contributed by atoms with Crippen molar-refractivity contribution in [1.82, 2.24) is 0 Å². The third-order valence-corrected chi connectivity index (χ3v) is 5.14. The normalized spacial score (nSPS) is 18.0. The molecule has 0 saturated heterocycles. The molecule has 1 aliphatic carbocycles. The predicted octanol–water partition coefficient (Wildman–Crippen LogP) is 3.23. The highest BCUT2D eigenvalue weighted by molar-refractivity contribution is 5.70. The second kappa shape index (κ2) is 12.6. The van der Waals surface area contributed by atoms with E-state index in [1.165, 1.54) is 18.4 Å². The van der Waals surface area contributed by atoms with Gasteiger partial charge in [0.1, 0.15) is 5.76 Å². The molecular weight excluding hydrogens is 396 g/mol. The summed E-state index contributed by atoms with van der Waals surface area (Å²) in [6.07, 6.45) is 5.23. The van der Waals surface area contributed by atoms with Crippen LogP contribution in [0.15, 0.2) is 66.5 Å². The Labute approximate surface area is 184 Å². The van der Waals surface area contributed by atoms with Crippen molar-refractivity contribution in [3.05, 3.63) is 77.6 Å². The molecule has 0 saturated carbocycles. The maximum atomic E-state index is 10.1. The van der Waals surface area contributed by atoms with E-state index >= 15 is 0 Å². The highest BCUT2D eigenvalue weighted by atomic mass is 16.6. The van der Waals surface area contributed by atoms with Crippen molar-refractivity contribution in [1.29, 1.82) is 0 Å². The van der Waals surface area contributed by atoms with Gasteiger partial charge in [-0.1, -0.05) is 57.2 Å². The molecule has 4 N–H and O–H groups in total. The lowest BCUT2D eigenvalue weighted by atomic mass is 9.93. The van der Waals surface area contributed by atoms with E-state index in [2.05, 4.69) is 32.2 Å². The molecule has 0 heterocycles. The molecule has 2 rings (SSSR count). The molecule has 0 amide bonds. The first-order valence-electron chi connectivity index (χ1n) is 10.6. The molecule has 3 unspecified atom stereocenters. The standard InChI is InChI=1S/C25H34O6/c1-4-5-6-7-19-8-10-20(11-9-19)21-12-22(30-24(28)17(2)15-26)14-23(13-21)31-25(29)18(3)16-27/h8-12,14,23-29H,2-7,13,15-16H2,1H3. The highest BCUT2D eigenvalue weighted by Gasteiger charge is 2.23. The maximum absolute atomic E-state index is 10.1. The zero-order valence-electron chi connectivity index (χ0n) is 18.2. The molecule has 3 atom stereocenters. The average Bonchev–Trinajstić information content (AvgIpc) is 2.78. The summed E-state index contributed by atoms with van der Waals surface area (Å²) in [6, 6.07) is 8.29. The minimum absolute atomic E-state index is 0.129. The summed E-state index contributed by atoms with van der Waals surface area (Å²) in [4.78, 5) is 0. The molecule has 6 heteroatoms. The Hall–Kier alpha value is -2.22. The Balaban J connectivity index is 2.20. The maximum Gasteiger partial charge on any atom is 0.222 e. The van der Waals surface area contributed by atoms with Crippen molar-refractivity contribution in [3.8, 4) is 0 Å². The summed E-state index contributed by atoms with van der Waals surface area (Å²) in [5.74, 6) is 0.335. The number of benzene rings is 1. The molecule has 0 fully saturated rings. The molecule has 170 valence electrons. The molecule has 31 heavy (non-hydrogen) atoms. The number of aliphatic hydroxyl groups excluding tert-OH is 4. The number of hydrogen-bond acceptors (Lipinski definition) is 6. The van der Waals surface area contributed by atoms with Crippen molar-refractivity contribution in [2.75, 3.05) is 13.2 Å². The first-order valence-corrected chi connectivity index (χ1v) is 10.6. The highest BCUT2D eigenvalue weighted by Crippen LogP contribution is 2.30. The monoisotopic (exact) mass is 430 g/mol. The third-order valence-electron chi connectivity index (χ3n) is 5.14. The lowest BCUT2D eigenvalue weighted by Crippen LogP contribution is -2.26.